The van der Waals surface area contributed by atoms with Gasteiger partial charge in [0.05, 0.1) is 0 Å². The van der Waals surface area contributed by atoms with Crippen LogP contribution in [0.25, 0.3) is 0 Å². The van der Waals surface area contributed by atoms with Gasteiger partial charge in [-0.2, -0.15) is 0 Å². The maximum absolute atomic E-state index is 12.9. The van der Waals surface area contributed by atoms with E-state index >= 15 is 0 Å². The van der Waals surface area contributed by atoms with E-state index in [9.17, 15) is 9.59 Å². The molecule has 2 aromatic rings. The molecule has 2 rings (SSSR count). The lowest BCUT2D eigenvalue weighted by atomic mass is 9.82. The second-order valence-corrected chi connectivity index (χ2v) is 7.20. The molecule has 0 unspecified atom stereocenters. The summed E-state index contributed by atoms with van der Waals surface area (Å²) in [5.41, 5.74) is 0.153. The summed E-state index contributed by atoms with van der Waals surface area (Å²) in [6, 6.07) is 9.80. The van der Waals surface area contributed by atoms with Crippen molar-refractivity contribution in [2.24, 2.45) is 5.41 Å². The smallest absolute Gasteiger partial charge is 0.328 e. The summed E-state index contributed by atoms with van der Waals surface area (Å²) in [6.07, 6.45) is 0.501. The zero-order chi connectivity index (χ0) is 20.2. The Balaban J connectivity index is 2.25. The Labute approximate surface area is 169 Å². The summed E-state index contributed by atoms with van der Waals surface area (Å²) in [4.78, 5) is 25.7. The first-order valence-corrected chi connectivity index (χ1v) is 9.46. The zero-order valence-corrected chi connectivity index (χ0v) is 17.3. The minimum absolute atomic E-state index is 0.250. The molecule has 0 spiro atoms. The van der Waals surface area contributed by atoms with Crippen LogP contribution in [-0.2, 0) is 9.59 Å². The van der Waals surface area contributed by atoms with Gasteiger partial charge >= 0.3 is 11.9 Å². The molecule has 0 aliphatic rings. The van der Waals surface area contributed by atoms with E-state index in [1.165, 1.54) is 0 Å². The summed E-state index contributed by atoms with van der Waals surface area (Å²) < 4.78 is 11.0. The molecule has 0 aromatic heterocycles. The zero-order valence-electron chi connectivity index (χ0n) is 15.8. The highest BCUT2D eigenvalue weighted by Gasteiger charge is 2.46. The Morgan fingerprint density at radius 2 is 1.19 bits per heavy atom. The van der Waals surface area contributed by atoms with Crippen LogP contribution >= 0.6 is 23.2 Å². The first-order valence-electron chi connectivity index (χ1n) is 8.70. The van der Waals surface area contributed by atoms with E-state index in [0.717, 1.165) is 11.1 Å². The third-order valence-corrected chi connectivity index (χ3v) is 5.52. The number of carbonyl (C=O) groups is 2. The van der Waals surface area contributed by atoms with Crippen LogP contribution in [0.15, 0.2) is 36.4 Å². The molecule has 0 saturated heterocycles. The molecule has 144 valence electrons. The van der Waals surface area contributed by atoms with Gasteiger partial charge in [-0.1, -0.05) is 37.0 Å². The summed E-state index contributed by atoms with van der Waals surface area (Å²) in [7, 11) is 0. The van der Waals surface area contributed by atoms with Crippen molar-refractivity contribution >= 4 is 35.1 Å². The maximum atomic E-state index is 12.9. The molecule has 6 heteroatoms. The van der Waals surface area contributed by atoms with Crippen LogP contribution in [0.3, 0.4) is 0 Å². The van der Waals surface area contributed by atoms with Gasteiger partial charge < -0.3 is 9.47 Å². The van der Waals surface area contributed by atoms with Gasteiger partial charge in [-0.3, -0.25) is 9.59 Å². The lowest BCUT2D eigenvalue weighted by Crippen LogP contribution is -2.43. The number of halogens is 2. The fourth-order valence-electron chi connectivity index (χ4n) is 2.68. The van der Waals surface area contributed by atoms with Crippen LogP contribution < -0.4 is 9.47 Å². The Kier molecular flexibility index (Phi) is 6.90. The van der Waals surface area contributed by atoms with Crippen molar-refractivity contribution in [2.75, 3.05) is 0 Å². The predicted molar refractivity (Wildman–Crippen MR) is 107 cm³/mol. The standard InChI is InChI=1S/C21H22Cl2O4/c1-5-21(6-2,19(24)26-15-7-9-17(22)13(3)11-15)20(25)27-16-8-10-18(23)14(4)12-16/h7-12H,5-6H2,1-4H3. The molecule has 0 radical (unpaired) electrons. The van der Waals surface area contributed by atoms with Crippen molar-refractivity contribution in [3.05, 3.63) is 57.6 Å². The Morgan fingerprint density at radius 3 is 1.48 bits per heavy atom. The fourth-order valence-corrected chi connectivity index (χ4v) is 2.92. The highest BCUT2D eigenvalue weighted by atomic mass is 35.5. The molecule has 0 aliphatic carbocycles. The molecular weight excluding hydrogens is 387 g/mol. The number of carbonyl (C=O) groups excluding carboxylic acids is 2. The second-order valence-electron chi connectivity index (χ2n) is 6.39. The van der Waals surface area contributed by atoms with Gasteiger partial charge in [-0.15, -0.1) is 0 Å². The summed E-state index contributed by atoms with van der Waals surface area (Å²) in [6.45, 7) is 7.13. The molecule has 0 amide bonds. The highest BCUT2D eigenvalue weighted by Crippen LogP contribution is 2.33. The SMILES string of the molecule is CCC(CC)(C(=O)Oc1ccc(Cl)c(C)c1)C(=O)Oc1ccc(Cl)c(C)c1. The number of hydrogen-bond donors (Lipinski definition) is 0. The Morgan fingerprint density at radius 1 is 0.815 bits per heavy atom. The average Bonchev–Trinajstić information content (AvgIpc) is 2.63. The minimum atomic E-state index is -1.40. The third-order valence-electron chi connectivity index (χ3n) is 4.67. The van der Waals surface area contributed by atoms with Gasteiger partial charge in [0.25, 0.3) is 0 Å². The summed E-state index contributed by atoms with van der Waals surface area (Å²) in [5, 5.41) is 1.15. The number of hydrogen-bond acceptors (Lipinski definition) is 4. The number of benzene rings is 2. The maximum Gasteiger partial charge on any atom is 0.328 e. The van der Waals surface area contributed by atoms with Crippen LogP contribution in [0.2, 0.25) is 10.0 Å². The molecular formula is C21H22Cl2O4. The van der Waals surface area contributed by atoms with Crippen LogP contribution in [-0.4, -0.2) is 11.9 Å². The molecule has 0 heterocycles. The lowest BCUT2D eigenvalue weighted by molar-refractivity contribution is -0.161. The van der Waals surface area contributed by atoms with E-state index in [1.54, 1.807) is 50.2 Å². The van der Waals surface area contributed by atoms with Gasteiger partial charge in [0, 0.05) is 10.0 Å². The van der Waals surface area contributed by atoms with Crippen molar-refractivity contribution in [2.45, 2.75) is 40.5 Å². The molecule has 0 saturated carbocycles. The van der Waals surface area contributed by atoms with E-state index in [1.807, 2.05) is 13.8 Å². The Bertz CT molecular complexity index is 790. The van der Waals surface area contributed by atoms with Crippen molar-refractivity contribution in [3.63, 3.8) is 0 Å². The molecule has 27 heavy (non-hydrogen) atoms. The third kappa shape index (κ3) is 4.63. The average molecular weight is 409 g/mol. The molecule has 4 nitrogen and oxygen atoms in total. The van der Waals surface area contributed by atoms with Crippen LogP contribution in [0.5, 0.6) is 11.5 Å². The van der Waals surface area contributed by atoms with Gasteiger partial charge in [0.1, 0.15) is 11.5 Å². The number of esters is 2. The van der Waals surface area contributed by atoms with Gasteiger partial charge in [-0.05, 0) is 74.2 Å². The van der Waals surface area contributed by atoms with Crippen LogP contribution in [0.1, 0.15) is 37.8 Å². The fraction of sp³-hybridized carbons (Fsp3) is 0.333. The van der Waals surface area contributed by atoms with Crippen molar-refractivity contribution in [3.8, 4) is 11.5 Å². The van der Waals surface area contributed by atoms with Gasteiger partial charge in [0.2, 0.25) is 0 Å². The normalized spacial score (nSPS) is 11.2. The quantitative estimate of drug-likeness (QED) is 0.337. The second kappa shape index (κ2) is 8.77. The molecule has 0 N–H and O–H groups in total. The van der Waals surface area contributed by atoms with Crippen molar-refractivity contribution in [1.29, 1.82) is 0 Å². The largest absolute Gasteiger partial charge is 0.426 e. The minimum Gasteiger partial charge on any atom is -0.426 e. The molecule has 0 atom stereocenters. The number of ether oxygens (including phenoxy) is 2. The van der Waals surface area contributed by atoms with Crippen molar-refractivity contribution in [1.82, 2.24) is 0 Å². The topological polar surface area (TPSA) is 52.6 Å². The first-order chi connectivity index (χ1) is 12.7. The van der Waals surface area contributed by atoms with Crippen LogP contribution in [0.4, 0.5) is 0 Å². The van der Waals surface area contributed by atoms with E-state index in [4.69, 9.17) is 32.7 Å². The van der Waals surface area contributed by atoms with E-state index in [2.05, 4.69) is 0 Å². The lowest BCUT2D eigenvalue weighted by Gasteiger charge is -2.26. The molecule has 2 aromatic carbocycles. The highest BCUT2D eigenvalue weighted by molar-refractivity contribution is 6.31. The van der Waals surface area contributed by atoms with E-state index < -0.39 is 17.4 Å². The van der Waals surface area contributed by atoms with E-state index in [0.29, 0.717) is 21.5 Å². The van der Waals surface area contributed by atoms with Gasteiger partial charge in [0.15, 0.2) is 5.41 Å². The van der Waals surface area contributed by atoms with Gasteiger partial charge in [-0.25, -0.2) is 0 Å². The number of rotatable bonds is 6. The summed E-state index contributed by atoms with van der Waals surface area (Å²) in [5.74, 6) is -0.624. The summed E-state index contributed by atoms with van der Waals surface area (Å²) >= 11 is 12.0. The molecule has 0 bridgehead atoms. The van der Waals surface area contributed by atoms with Crippen molar-refractivity contribution < 1.29 is 19.1 Å². The molecule has 0 fully saturated rings. The molecule has 0 aliphatic heterocycles. The van der Waals surface area contributed by atoms with E-state index in [-0.39, 0.29) is 12.8 Å². The predicted octanol–water partition coefficient (Wildman–Crippen LogP) is 5.93. The first kappa shape index (κ1) is 21.3. The Hall–Kier alpha value is -2.04. The number of aryl methyl sites for hydroxylation is 2. The van der Waals surface area contributed by atoms with Crippen LogP contribution in [0, 0.1) is 19.3 Å². The monoisotopic (exact) mass is 408 g/mol.